The third kappa shape index (κ3) is 7.26. The van der Waals surface area contributed by atoms with Crippen LogP contribution in [0.4, 0.5) is 9.59 Å². The first kappa shape index (κ1) is 22.5. The van der Waals surface area contributed by atoms with Gasteiger partial charge in [-0.3, -0.25) is 10.2 Å². The summed E-state index contributed by atoms with van der Waals surface area (Å²) in [4.78, 5) is 39.8. The average Bonchev–Trinajstić information content (AvgIpc) is 2.69. The Morgan fingerprint density at radius 1 is 1.07 bits per heavy atom. The summed E-state index contributed by atoms with van der Waals surface area (Å²) in [5, 5.41) is 2.55. The number of esters is 1. The maximum Gasteiger partial charge on any atom is 0.410 e. The van der Waals surface area contributed by atoms with E-state index in [0.717, 1.165) is 5.56 Å². The smallest absolute Gasteiger partial charge is 0.410 e. The van der Waals surface area contributed by atoms with E-state index in [-0.39, 0.29) is 6.61 Å². The van der Waals surface area contributed by atoms with Crippen LogP contribution in [0, 0.1) is 0 Å². The molecule has 160 valence electrons. The van der Waals surface area contributed by atoms with E-state index in [4.69, 9.17) is 14.2 Å². The van der Waals surface area contributed by atoms with Crippen LogP contribution in [-0.2, 0) is 25.6 Å². The number of nitrogens with one attached hydrogen (secondary N) is 1. The summed E-state index contributed by atoms with van der Waals surface area (Å²) in [5.74, 6) is -0.604. The van der Waals surface area contributed by atoms with E-state index < -0.39 is 29.9 Å². The number of carbonyl (C=O) groups excluding carboxylic acids is 3. The summed E-state index contributed by atoms with van der Waals surface area (Å²) < 4.78 is 15.4. The molecule has 0 spiro atoms. The van der Waals surface area contributed by atoms with Crippen LogP contribution in [0.25, 0.3) is 0 Å². The van der Waals surface area contributed by atoms with Gasteiger partial charge in [-0.2, -0.15) is 0 Å². The van der Waals surface area contributed by atoms with Gasteiger partial charge < -0.3 is 19.1 Å². The fourth-order valence-electron chi connectivity index (χ4n) is 2.78. The van der Waals surface area contributed by atoms with Gasteiger partial charge in [0.25, 0.3) is 0 Å². The third-order valence-corrected chi connectivity index (χ3v) is 4.22. The van der Waals surface area contributed by atoms with Gasteiger partial charge in [-0.25, -0.2) is 14.4 Å². The third-order valence-electron chi connectivity index (χ3n) is 4.22. The van der Waals surface area contributed by atoms with Crippen LogP contribution >= 0.6 is 0 Å². The van der Waals surface area contributed by atoms with Crippen molar-refractivity contribution >= 4 is 18.2 Å². The Labute approximate surface area is 170 Å². The van der Waals surface area contributed by atoms with Gasteiger partial charge in [0.15, 0.2) is 6.17 Å². The van der Waals surface area contributed by atoms with Crippen molar-refractivity contribution in [1.82, 2.24) is 15.1 Å². The van der Waals surface area contributed by atoms with Crippen LogP contribution in [0.3, 0.4) is 0 Å². The number of hydrogen-bond acceptors (Lipinski definition) is 7. The highest BCUT2D eigenvalue weighted by Gasteiger charge is 2.33. The molecule has 9 nitrogen and oxygen atoms in total. The Bertz CT molecular complexity index is 696. The van der Waals surface area contributed by atoms with Crippen LogP contribution in [0.1, 0.15) is 26.3 Å². The molecule has 29 heavy (non-hydrogen) atoms. The molecule has 1 aliphatic heterocycles. The molecule has 1 heterocycles. The van der Waals surface area contributed by atoms with Crippen molar-refractivity contribution in [1.29, 1.82) is 0 Å². The minimum atomic E-state index is -0.996. The molecule has 0 bridgehead atoms. The highest BCUT2D eigenvalue weighted by molar-refractivity contribution is 5.81. The van der Waals surface area contributed by atoms with Crippen molar-refractivity contribution in [3.8, 4) is 0 Å². The van der Waals surface area contributed by atoms with Gasteiger partial charge in [0.1, 0.15) is 12.2 Å². The summed E-state index contributed by atoms with van der Waals surface area (Å²) in [7, 11) is 1.25. The van der Waals surface area contributed by atoms with Crippen molar-refractivity contribution in [3.63, 3.8) is 0 Å². The molecule has 1 saturated heterocycles. The fraction of sp³-hybridized carbons (Fsp3) is 0.550. The van der Waals surface area contributed by atoms with Gasteiger partial charge in [0.2, 0.25) is 0 Å². The second kappa shape index (κ2) is 10.1. The van der Waals surface area contributed by atoms with E-state index in [1.54, 1.807) is 30.6 Å². The molecule has 1 fully saturated rings. The number of piperazine rings is 1. The standard InChI is InChI=1S/C20H29N3O6/c1-20(2,3)29-19(26)23-12-10-22(11-13-23)16(17(24)27-4)21-18(25)28-14-15-8-6-5-7-9-15/h5-9,16H,10-14H2,1-4H3,(H,21,25)/t16-/m1/s1. The van der Waals surface area contributed by atoms with Crippen LogP contribution in [-0.4, -0.2) is 73.0 Å². The zero-order chi connectivity index (χ0) is 21.4. The lowest BCUT2D eigenvalue weighted by molar-refractivity contribution is -0.149. The molecule has 9 heteroatoms. The number of nitrogens with zero attached hydrogens (tertiary/aromatic N) is 2. The van der Waals surface area contributed by atoms with Crippen LogP contribution in [0.2, 0.25) is 0 Å². The van der Waals surface area contributed by atoms with Crippen LogP contribution in [0.5, 0.6) is 0 Å². The van der Waals surface area contributed by atoms with Gasteiger partial charge in [-0.15, -0.1) is 0 Å². The van der Waals surface area contributed by atoms with Crippen molar-refractivity contribution in [2.45, 2.75) is 39.1 Å². The molecule has 2 rings (SSSR count). The first-order valence-electron chi connectivity index (χ1n) is 9.46. The fourth-order valence-corrected chi connectivity index (χ4v) is 2.78. The Hall–Kier alpha value is -2.81. The van der Waals surface area contributed by atoms with E-state index >= 15 is 0 Å². The first-order chi connectivity index (χ1) is 13.7. The van der Waals surface area contributed by atoms with Gasteiger partial charge in [0.05, 0.1) is 7.11 Å². The van der Waals surface area contributed by atoms with E-state index in [2.05, 4.69) is 5.32 Å². The summed E-state index contributed by atoms with van der Waals surface area (Å²) in [5.41, 5.74) is 0.260. The SMILES string of the molecule is COC(=O)[C@H](NC(=O)OCc1ccccc1)N1CCN(C(=O)OC(C)(C)C)CC1. The molecule has 2 amide bonds. The minimum absolute atomic E-state index is 0.0903. The Balaban J connectivity index is 1.89. The molecule has 0 unspecified atom stereocenters. The molecular formula is C20H29N3O6. The molecule has 0 aromatic heterocycles. The second-order valence-electron chi connectivity index (χ2n) is 7.64. The molecule has 1 aromatic carbocycles. The molecule has 1 N–H and O–H groups in total. The average molecular weight is 407 g/mol. The Kier molecular flexibility index (Phi) is 7.83. The minimum Gasteiger partial charge on any atom is -0.466 e. The zero-order valence-corrected chi connectivity index (χ0v) is 17.3. The van der Waals surface area contributed by atoms with Gasteiger partial charge in [-0.05, 0) is 26.3 Å². The highest BCUT2D eigenvalue weighted by Crippen LogP contribution is 2.13. The maximum atomic E-state index is 12.2. The van der Waals surface area contributed by atoms with E-state index in [0.29, 0.717) is 26.2 Å². The van der Waals surface area contributed by atoms with Crippen molar-refractivity contribution < 1.29 is 28.6 Å². The molecule has 1 aliphatic rings. The molecule has 0 radical (unpaired) electrons. The normalized spacial score (nSPS) is 15.9. The summed E-state index contributed by atoms with van der Waals surface area (Å²) in [6, 6.07) is 9.23. The number of alkyl carbamates (subject to hydrolysis) is 1. The van der Waals surface area contributed by atoms with Crippen molar-refractivity contribution in [2.75, 3.05) is 33.3 Å². The Morgan fingerprint density at radius 3 is 2.24 bits per heavy atom. The maximum absolute atomic E-state index is 12.2. The number of ether oxygens (including phenoxy) is 3. The van der Waals surface area contributed by atoms with Crippen molar-refractivity contribution in [3.05, 3.63) is 35.9 Å². The molecular weight excluding hydrogens is 378 g/mol. The number of amides is 2. The Morgan fingerprint density at radius 2 is 1.69 bits per heavy atom. The van der Waals surface area contributed by atoms with Crippen molar-refractivity contribution in [2.24, 2.45) is 0 Å². The largest absolute Gasteiger partial charge is 0.466 e. The van der Waals surface area contributed by atoms with E-state index in [1.165, 1.54) is 7.11 Å². The quantitative estimate of drug-likeness (QED) is 0.589. The van der Waals surface area contributed by atoms with Gasteiger partial charge in [0, 0.05) is 26.2 Å². The summed E-state index contributed by atoms with van der Waals surface area (Å²) in [6.07, 6.45) is -2.12. The lowest BCUT2D eigenvalue weighted by Crippen LogP contribution is -2.60. The lowest BCUT2D eigenvalue weighted by Gasteiger charge is -2.38. The summed E-state index contributed by atoms with van der Waals surface area (Å²) in [6.45, 7) is 6.98. The highest BCUT2D eigenvalue weighted by atomic mass is 16.6. The monoisotopic (exact) mass is 407 g/mol. The topological polar surface area (TPSA) is 97.4 Å². The first-order valence-corrected chi connectivity index (χ1v) is 9.46. The van der Waals surface area contributed by atoms with E-state index in [9.17, 15) is 14.4 Å². The number of rotatable bonds is 5. The predicted molar refractivity (Wildman–Crippen MR) is 105 cm³/mol. The van der Waals surface area contributed by atoms with Crippen LogP contribution < -0.4 is 5.32 Å². The number of carbonyl (C=O) groups is 3. The van der Waals surface area contributed by atoms with Gasteiger partial charge in [-0.1, -0.05) is 30.3 Å². The molecule has 1 aromatic rings. The lowest BCUT2D eigenvalue weighted by atomic mass is 10.2. The number of hydrogen-bond donors (Lipinski definition) is 1. The number of benzene rings is 1. The predicted octanol–water partition coefficient (Wildman–Crippen LogP) is 1.96. The van der Waals surface area contributed by atoms with Crippen LogP contribution in [0.15, 0.2) is 30.3 Å². The second-order valence-corrected chi connectivity index (χ2v) is 7.64. The number of methoxy groups -OCH3 is 1. The summed E-state index contributed by atoms with van der Waals surface area (Å²) >= 11 is 0. The zero-order valence-electron chi connectivity index (χ0n) is 17.3. The molecule has 0 aliphatic carbocycles. The van der Waals surface area contributed by atoms with Gasteiger partial charge >= 0.3 is 18.2 Å². The molecule has 0 saturated carbocycles. The molecule has 1 atom stereocenters. The van der Waals surface area contributed by atoms with E-state index in [1.807, 2.05) is 30.3 Å².